The van der Waals surface area contributed by atoms with Crippen LogP contribution in [0.2, 0.25) is 0 Å². The molecular weight excluding hydrogens is 150 g/mol. The highest BCUT2D eigenvalue weighted by Crippen LogP contribution is 1.95. The van der Waals surface area contributed by atoms with E-state index in [0.29, 0.717) is 5.69 Å². The van der Waals surface area contributed by atoms with Crippen LogP contribution >= 0.6 is 0 Å². The van der Waals surface area contributed by atoms with Gasteiger partial charge in [0.2, 0.25) is 0 Å². The maximum absolute atomic E-state index is 9.96. The normalized spacial score (nSPS) is 9.82. The van der Waals surface area contributed by atoms with E-state index >= 15 is 0 Å². The second-order valence-electron chi connectivity index (χ2n) is 1.88. The molecule has 0 atom stereocenters. The van der Waals surface area contributed by atoms with Gasteiger partial charge in [0, 0.05) is 6.07 Å². The molecule has 1 aromatic rings. The first-order chi connectivity index (χ1) is 5.29. The third-order valence-electron chi connectivity index (χ3n) is 0.967. The molecule has 0 aromatic carbocycles. The number of carboxylic acids is 1. The highest BCUT2D eigenvalue weighted by Gasteiger charge is 1.98. The lowest BCUT2D eigenvalue weighted by molar-refractivity contribution is -0.142. The standard InChI is InChI=1S/C6H7NO4/c8-6(9)4-10-3-5-1-2-11-7-5/h1-2H,3-4H2,(H,8,9). The average Bonchev–Trinajstić information content (AvgIpc) is 2.39. The molecule has 1 rings (SSSR count). The molecule has 0 radical (unpaired) electrons. The number of hydrogen-bond donors (Lipinski definition) is 1. The molecule has 0 aliphatic heterocycles. The van der Waals surface area contributed by atoms with Crippen molar-refractivity contribution in [2.45, 2.75) is 6.61 Å². The van der Waals surface area contributed by atoms with Gasteiger partial charge >= 0.3 is 5.97 Å². The number of nitrogens with zero attached hydrogens (tertiary/aromatic N) is 1. The van der Waals surface area contributed by atoms with Gasteiger partial charge in [0.15, 0.2) is 0 Å². The minimum atomic E-state index is -0.992. The molecule has 5 heteroatoms. The summed E-state index contributed by atoms with van der Waals surface area (Å²) in [5.74, 6) is -0.992. The van der Waals surface area contributed by atoms with Crippen molar-refractivity contribution >= 4 is 5.97 Å². The molecule has 0 aliphatic carbocycles. The largest absolute Gasteiger partial charge is 0.480 e. The second kappa shape index (κ2) is 3.72. The van der Waals surface area contributed by atoms with Crippen molar-refractivity contribution in [1.29, 1.82) is 0 Å². The molecule has 0 unspecified atom stereocenters. The topological polar surface area (TPSA) is 72.6 Å². The molecule has 1 heterocycles. The van der Waals surface area contributed by atoms with Crippen LogP contribution in [0.5, 0.6) is 0 Å². The highest BCUT2D eigenvalue weighted by molar-refractivity contribution is 5.67. The Kier molecular flexibility index (Phi) is 2.62. The van der Waals surface area contributed by atoms with Gasteiger partial charge in [-0.3, -0.25) is 0 Å². The van der Waals surface area contributed by atoms with Crippen molar-refractivity contribution < 1.29 is 19.2 Å². The van der Waals surface area contributed by atoms with E-state index in [1.165, 1.54) is 6.26 Å². The summed E-state index contributed by atoms with van der Waals surface area (Å²) in [6, 6.07) is 1.61. The lowest BCUT2D eigenvalue weighted by Gasteiger charge is -1.94. The molecule has 60 valence electrons. The van der Waals surface area contributed by atoms with E-state index in [9.17, 15) is 4.79 Å². The van der Waals surface area contributed by atoms with Gasteiger partial charge in [-0.1, -0.05) is 5.16 Å². The Morgan fingerprint density at radius 1 is 1.82 bits per heavy atom. The molecule has 11 heavy (non-hydrogen) atoms. The zero-order valence-corrected chi connectivity index (χ0v) is 5.69. The summed E-state index contributed by atoms with van der Waals surface area (Å²) >= 11 is 0. The fourth-order valence-corrected chi connectivity index (χ4v) is 0.555. The average molecular weight is 157 g/mol. The Morgan fingerprint density at radius 3 is 3.18 bits per heavy atom. The van der Waals surface area contributed by atoms with Gasteiger partial charge in [0.05, 0.1) is 6.61 Å². The van der Waals surface area contributed by atoms with Gasteiger partial charge in [-0.25, -0.2) is 4.79 Å². The Bertz CT molecular complexity index is 218. The van der Waals surface area contributed by atoms with Crippen LogP contribution in [0.25, 0.3) is 0 Å². The summed E-state index contributed by atoms with van der Waals surface area (Å²) in [7, 11) is 0. The van der Waals surface area contributed by atoms with Crippen LogP contribution < -0.4 is 0 Å². The van der Waals surface area contributed by atoms with E-state index in [1.54, 1.807) is 6.07 Å². The van der Waals surface area contributed by atoms with Gasteiger partial charge in [-0.2, -0.15) is 0 Å². The van der Waals surface area contributed by atoms with E-state index in [2.05, 4.69) is 9.68 Å². The third kappa shape index (κ3) is 2.81. The second-order valence-corrected chi connectivity index (χ2v) is 1.88. The molecule has 0 bridgehead atoms. The predicted octanol–water partition coefficient (Wildman–Crippen LogP) is 0.276. The monoisotopic (exact) mass is 157 g/mol. The lowest BCUT2D eigenvalue weighted by Crippen LogP contribution is -2.06. The number of rotatable bonds is 4. The van der Waals surface area contributed by atoms with Crippen molar-refractivity contribution in [3.63, 3.8) is 0 Å². The molecular formula is C6H7NO4. The van der Waals surface area contributed by atoms with Crippen molar-refractivity contribution in [1.82, 2.24) is 5.16 Å². The van der Waals surface area contributed by atoms with Gasteiger partial charge < -0.3 is 14.4 Å². The zero-order chi connectivity index (χ0) is 8.10. The van der Waals surface area contributed by atoms with Crippen molar-refractivity contribution in [2.75, 3.05) is 6.61 Å². The first-order valence-electron chi connectivity index (χ1n) is 2.98. The van der Waals surface area contributed by atoms with Crippen LogP contribution in [0.15, 0.2) is 16.9 Å². The number of aromatic nitrogens is 1. The van der Waals surface area contributed by atoms with Gasteiger partial charge in [0.25, 0.3) is 0 Å². The Hall–Kier alpha value is -1.36. The SMILES string of the molecule is O=C(O)COCc1ccon1. The molecule has 1 N–H and O–H groups in total. The van der Waals surface area contributed by atoms with Gasteiger partial charge in [-0.05, 0) is 0 Å². The van der Waals surface area contributed by atoms with E-state index in [0.717, 1.165) is 0 Å². The minimum absolute atomic E-state index is 0.169. The molecule has 0 amide bonds. The zero-order valence-electron chi connectivity index (χ0n) is 5.69. The highest BCUT2D eigenvalue weighted by atomic mass is 16.5. The summed E-state index contributed by atoms with van der Waals surface area (Å²) in [5.41, 5.74) is 0.589. The fourth-order valence-electron chi connectivity index (χ4n) is 0.555. The lowest BCUT2D eigenvalue weighted by atomic mass is 10.5. The van der Waals surface area contributed by atoms with E-state index < -0.39 is 5.97 Å². The Labute approximate surface area is 62.6 Å². The first-order valence-corrected chi connectivity index (χ1v) is 2.98. The number of carboxylic acid groups (broad SMARTS) is 1. The van der Waals surface area contributed by atoms with Crippen molar-refractivity contribution in [2.24, 2.45) is 0 Å². The molecule has 0 saturated heterocycles. The fraction of sp³-hybridized carbons (Fsp3) is 0.333. The third-order valence-corrected chi connectivity index (χ3v) is 0.967. The van der Waals surface area contributed by atoms with Crippen LogP contribution in [0.3, 0.4) is 0 Å². The van der Waals surface area contributed by atoms with E-state index in [-0.39, 0.29) is 13.2 Å². The number of hydrogen-bond acceptors (Lipinski definition) is 4. The number of ether oxygens (including phenoxy) is 1. The van der Waals surface area contributed by atoms with Crippen LogP contribution in [0.4, 0.5) is 0 Å². The smallest absolute Gasteiger partial charge is 0.329 e. The van der Waals surface area contributed by atoms with Crippen LogP contribution in [-0.4, -0.2) is 22.8 Å². The molecule has 0 spiro atoms. The van der Waals surface area contributed by atoms with E-state index in [4.69, 9.17) is 9.84 Å². The molecule has 0 saturated carbocycles. The van der Waals surface area contributed by atoms with Crippen LogP contribution in [0, 0.1) is 0 Å². The maximum atomic E-state index is 9.96. The number of carbonyl (C=O) groups is 1. The van der Waals surface area contributed by atoms with Crippen molar-refractivity contribution in [3.8, 4) is 0 Å². The minimum Gasteiger partial charge on any atom is -0.480 e. The summed E-state index contributed by atoms with van der Waals surface area (Å²) in [6.07, 6.45) is 1.40. The number of aliphatic carboxylic acids is 1. The summed E-state index contributed by atoms with van der Waals surface area (Å²) in [6.45, 7) is -0.143. The molecule has 0 aliphatic rings. The van der Waals surface area contributed by atoms with Crippen LogP contribution in [-0.2, 0) is 16.1 Å². The van der Waals surface area contributed by atoms with Gasteiger partial charge in [-0.15, -0.1) is 0 Å². The molecule has 0 fully saturated rings. The van der Waals surface area contributed by atoms with Crippen LogP contribution in [0.1, 0.15) is 5.69 Å². The summed E-state index contributed by atoms with van der Waals surface area (Å²) in [4.78, 5) is 9.96. The maximum Gasteiger partial charge on any atom is 0.329 e. The molecule has 1 aromatic heterocycles. The van der Waals surface area contributed by atoms with Crippen molar-refractivity contribution in [3.05, 3.63) is 18.0 Å². The van der Waals surface area contributed by atoms with Gasteiger partial charge in [0.1, 0.15) is 18.6 Å². The Morgan fingerprint density at radius 2 is 2.64 bits per heavy atom. The predicted molar refractivity (Wildman–Crippen MR) is 33.8 cm³/mol. The summed E-state index contributed by atoms with van der Waals surface area (Å²) < 4.78 is 9.21. The first kappa shape index (κ1) is 7.74. The Balaban J connectivity index is 2.19. The van der Waals surface area contributed by atoms with E-state index in [1.807, 2.05) is 0 Å². The summed E-state index contributed by atoms with van der Waals surface area (Å²) in [5, 5.41) is 11.7. The molecule has 5 nitrogen and oxygen atoms in total. The quantitative estimate of drug-likeness (QED) is 0.679.